The number of carboxylic acids is 1. The van der Waals surface area contributed by atoms with Gasteiger partial charge in [0.25, 0.3) is 0 Å². The molecule has 3 aromatic rings. The van der Waals surface area contributed by atoms with Crippen LogP contribution in [0, 0.1) is 11.6 Å². The minimum atomic E-state index is -0.917. The van der Waals surface area contributed by atoms with Crippen LogP contribution < -0.4 is 5.32 Å². The van der Waals surface area contributed by atoms with E-state index >= 15 is 0 Å². The van der Waals surface area contributed by atoms with Gasteiger partial charge in [-0.15, -0.1) is 0 Å². The molecule has 1 aliphatic carbocycles. The molecule has 1 unspecified atom stereocenters. The molecule has 4 rings (SSSR count). The molecule has 2 atom stereocenters. The Bertz CT molecular complexity index is 1170. The minimum absolute atomic E-state index is 0.136. The van der Waals surface area contributed by atoms with Gasteiger partial charge in [0.15, 0.2) is 0 Å². The average molecular weight is 440 g/mol. The normalized spacial score (nSPS) is 16.5. The molecule has 32 heavy (non-hydrogen) atoms. The zero-order valence-electron chi connectivity index (χ0n) is 17.9. The van der Waals surface area contributed by atoms with E-state index in [1.165, 1.54) is 18.2 Å². The number of carbonyl (C=O) groups is 2. The van der Waals surface area contributed by atoms with E-state index in [2.05, 4.69) is 5.32 Å². The monoisotopic (exact) mass is 440 g/mol. The number of hydrogen-bond acceptors (Lipinski definition) is 2. The second kappa shape index (κ2) is 9.10. The second-order valence-electron chi connectivity index (χ2n) is 8.32. The Morgan fingerprint density at radius 1 is 1.22 bits per heavy atom. The summed E-state index contributed by atoms with van der Waals surface area (Å²) in [6.07, 6.45) is 2.67. The highest BCUT2D eigenvalue weighted by atomic mass is 19.1. The van der Waals surface area contributed by atoms with Crippen LogP contribution in [-0.4, -0.2) is 27.6 Å². The Morgan fingerprint density at radius 2 is 2.00 bits per heavy atom. The first kappa shape index (κ1) is 22.0. The second-order valence-corrected chi connectivity index (χ2v) is 8.32. The number of aromatic nitrogens is 1. The van der Waals surface area contributed by atoms with Crippen molar-refractivity contribution in [2.45, 2.75) is 57.5 Å². The summed E-state index contributed by atoms with van der Waals surface area (Å²) < 4.78 is 29.6. The van der Waals surface area contributed by atoms with Gasteiger partial charge >= 0.3 is 5.97 Å². The number of nitrogens with zero attached hydrogens (tertiary/aromatic N) is 1. The number of halogens is 2. The molecule has 168 valence electrons. The van der Waals surface area contributed by atoms with E-state index in [1.807, 2.05) is 11.5 Å². The molecule has 0 saturated heterocycles. The predicted octanol–water partition coefficient (Wildman–Crippen LogP) is 4.56. The summed E-state index contributed by atoms with van der Waals surface area (Å²) in [5.74, 6) is -1.77. The van der Waals surface area contributed by atoms with Crippen molar-refractivity contribution in [3.05, 3.63) is 70.9 Å². The fourth-order valence-corrected chi connectivity index (χ4v) is 4.76. The lowest BCUT2D eigenvalue weighted by atomic mass is 9.91. The lowest BCUT2D eigenvalue weighted by Crippen LogP contribution is -2.39. The van der Waals surface area contributed by atoms with E-state index < -0.39 is 12.0 Å². The van der Waals surface area contributed by atoms with Gasteiger partial charge in [-0.3, -0.25) is 4.79 Å². The number of aryl methyl sites for hydroxylation is 1. The number of rotatable bonds is 7. The summed E-state index contributed by atoms with van der Waals surface area (Å²) in [5, 5.41) is 13.4. The van der Waals surface area contributed by atoms with Crippen molar-refractivity contribution in [1.82, 2.24) is 9.88 Å². The van der Waals surface area contributed by atoms with Crippen molar-refractivity contribution >= 4 is 22.8 Å². The molecule has 0 spiro atoms. The van der Waals surface area contributed by atoms with Gasteiger partial charge in [0.05, 0.1) is 0 Å². The van der Waals surface area contributed by atoms with Crippen molar-refractivity contribution in [3.8, 4) is 0 Å². The number of fused-ring (bicyclic) bond motifs is 3. The third-order valence-corrected chi connectivity index (χ3v) is 6.29. The van der Waals surface area contributed by atoms with Gasteiger partial charge in [-0.05, 0) is 67.5 Å². The third kappa shape index (κ3) is 4.24. The van der Waals surface area contributed by atoms with E-state index in [-0.39, 0.29) is 30.0 Å². The van der Waals surface area contributed by atoms with Gasteiger partial charge in [-0.2, -0.15) is 0 Å². The van der Waals surface area contributed by atoms with Crippen LogP contribution in [-0.2, 0) is 28.9 Å². The molecular weight excluding hydrogens is 414 g/mol. The number of nitrogens with one attached hydrogen (secondary N) is 1. The van der Waals surface area contributed by atoms with E-state index in [9.17, 15) is 23.5 Å². The molecular formula is C25H26F2N2O3. The molecule has 7 heteroatoms. The smallest absolute Gasteiger partial charge is 0.326 e. The van der Waals surface area contributed by atoms with Crippen LogP contribution in [0.4, 0.5) is 8.78 Å². The van der Waals surface area contributed by atoms with Crippen molar-refractivity contribution in [3.63, 3.8) is 0 Å². The molecule has 0 saturated carbocycles. The van der Waals surface area contributed by atoms with Crippen LogP contribution in [0.15, 0.2) is 42.5 Å². The lowest BCUT2D eigenvalue weighted by molar-refractivity contribution is -0.141. The number of benzene rings is 2. The SMILES string of the molecule is CCC(C(=O)O)n1c2c(c3cc(F)ccc31)C[C@@H](NC(=O)CCc1ccccc1F)CC2. The first-order chi connectivity index (χ1) is 15.4. The molecule has 1 heterocycles. The summed E-state index contributed by atoms with van der Waals surface area (Å²) in [4.78, 5) is 24.4. The standard InChI is InChI=1S/C25H26F2N2O3/c1-2-21(25(31)32)29-22-10-8-16(26)13-18(22)19-14-17(9-11-23(19)29)28-24(30)12-7-15-5-3-4-6-20(15)27/h3-6,8,10,13,17,21H,2,7,9,11-12,14H2,1H3,(H,28,30)(H,31,32)/t17-,21?/m0/s1. The molecule has 0 bridgehead atoms. The van der Waals surface area contributed by atoms with E-state index in [1.54, 1.807) is 24.3 Å². The van der Waals surface area contributed by atoms with Crippen LogP contribution in [0.5, 0.6) is 0 Å². The summed E-state index contributed by atoms with van der Waals surface area (Å²) in [5.41, 5.74) is 3.00. The zero-order chi connectivity index (χ0) is 22.8. The van der Waals surface area contributed by atoms with Crippen LogP contribution in [0.1, 0.15) is 49.0 Å². The summed E-state index contributed by atoms with van der Waals surface area (Å²) in [6.45, 7) is 1.82. The minimum Gasteiger partial charge on any atom is -0.480 e. The van der Waals surface area contributed by atoms with Crippen molar-refractivity contribution in [2.75, 3.05) is 0 Å². The van der Waals surface area contributed by atoms with Gasteiger partial charge in [0.2, 0.25) is 5.91 Å². The summed E-state index contributed by atoms with van der Waals surface area (Å²) in [6, 6.07) is 9.98. The topological polar surface area (TPSA) is 71.3 Å². The van der Waals surface area contributed by atoms with E-state index in [0.717, 1.165) is 11.3 Å². The fraction of sp³-hybridized carbons (Fsp3) is 0.360. The van der Waals surface area contributed by atoms with E-state index in [4.69, 9.17) is 0 Å². The largest absolute Gasteiger partial charge is 0.480 e. The van der Waals surface area contributed by atoms with Gasteiger partial charge in [-0.25, -0.2) is 13.6 Å². The number of carbonyl (C=O) groups excluding carboxylic acids is 1. The van der Waals surface area contributed by atoms with Gasteiger partial charge in [0.1, 0.15) is 17.7 Å². The molecule has 1 aliphatic rings. The highest BCUT2D eigenvalue weighted by Crippen LogP contribution is 2.36. The summed E-state index contributed by atoms with van der Waals surface area (Å²) in [7, 11) is 0. The highest BCUT2D eigenvalue weighted by molar-refractivity contribution is 5.88. The van der Waals surface area contributed by atoms with Gasteiger partial charge in [-0.1, -0.05) is 25.1 Å². The number of amides is 1. The lowest BCUT2D eigenvalue weighted by Gasteiger charge is -2.26. The molecule has 1 aromatic heterocycles. The Balaban J connectivity index is 1.55. The van der Waals surface area contributed by atoms with Crippen molar-refractivity contribution < 1.29 is 23.5 Å². The third-order valence-electron chi connectivity index (χ3n) is 6.29. The van der Waals surface area contributed by atoms with Crippen LogP contribution in [0.2, 0.25) is 0 Å². The molecule has 2 aromatic carbocycles. The molecule has 1 amide bonds. The zero-order valence-corrected chi connectivity index (χ0v) is 17.9. The molecule has 5 nitrogen and oxygen atoms in total. The average Bonchev–Trinajstić information content (AvgIpc) is 3.06. The maximum absolute atomic E-state index is 14.0. The van der Waals surface area contributed by atoms with Gasteiger partial charge < -0.3 is 15.0 Å². The fourth-order valence-electron chi connectivity index (χ4n) is 4.76. The predicted molar refractivity (Wildman–Crippen MR) is 118 cm³/mol. The first-order valence-electron chi connectivity index (χ1n) is 11.0. The van der Waals surface area contributed by atoms with Crippen molar-refractivity contribution in [1.29, 1.82) is 0 Å². The number of carboxylic acid groups (broad SMARTS) is 1. The Labute approximate surface area is 185 Å². The van der Waals surface area contributed by atoms with Crippen LogP contribution in [0.3, 0.4) is 0 Å². The van der Waals surface area contributed by atoms with E-state index in [0.29, 0.717) is 48.6 Å². The first-order valence-corrected chi connectivity index (χ1v) is 11.0. The Morgan fingerprint density at radius 3 is 2.72 bits per heavy atom. The molecule has 0 radical (unpaired) electrons. The molecule has 2 N–H and O–H groups in total. The maximum Gasteiger partial charge on any atom is 0.326 e. The summed E-state index contributed by atoms with van der Waals surface area (Å²) >= 11 is 0. The maximum atomic E-state index is 14.0. The highest BCUT2D eigenvalue weighted by Gasteiger charge is 2.30. The Kier molecular flexibility index (Phi) is 6.26. The van der Waals surface area contributed by atoms with Crippen LogP contribution >= 0.6 is 0 Å². The number of aliphatic carboxylic acids is 1. The van der Waals surface area contributed by atoms with Crippen LogP contribution in [0.25, 0.3) is 10.9 Å². The molecule has 0 aliphatic heterocycles. The quantitative estimate of drug-likeness (QED) is 0.566. The molecule has 0 fully saturated rings. The number of hydrogen-bond donors (Lipinski definition) is 2. The Hall–Kier alpha value is -3.22. The van der Waals surface area contributed by atoms with Crippen molar-refractivity contribution in [2.24, 2.45) is 0 Å². The van der Waals surface area contributed by atoms with Gasteiger partial charge in [0, 0.05) is 29.1 Å².